The van der Waals surface area contributed by atoms with Gasteiger partial charge in [-0.3, -0.25) is 4.57 Å². The number of hydrogen-bond acceptors (Lipinski definition) is 2. The van der Waals surface area contributed by atoms with Crippen molar-refractivity contribution in [2.24, 2.45) is 0 Å². The van der Waals surface area contributed by atoms with Gasteiger partial charge < -0.3 is 4.74 Å². The minimum atomic E-state index is -4.83. The van der Waals surface area contributed by atoms with E-state index in [1.54, 1.807) is 20.8 Å². The van der Waals surface area contributed by atoms with Crippen LogP contribution in [0, 0.1) is 5.82 Å². The molecule has 0 radical (unpaired) electrons. The van der Waals surface area contributed by atoms with Gasteiger partial charge >= 0.3 is 12.3 Å². The molecule has 0 aliphatic heterocycles. The van der Waals surface area contributed by atoms with E-state index in [2.05, 4.69) is 15.9 Å². The van der Waals surface area contributed by atoms with Gasteiger partial charge in [0, 0.05) is 16.2 Å². The molecule has 3 nitrogen and oxygen atoms in total. The molecule has 1 aromatic heterocycles. The number of carbonyl (C=O) groups excluding carboxylic acids is 1. The Bertz CT molecular complexity index is 775. The Morgan fingerprint density at radius 2 is 1.83 bits per heavy atom. The Morgan fingerprint density at radius 1 is 1.21 bits per heavy atom. The molecule has 0 atom stereocenters. The molecule has 8 heteroatoms. The van der Waals surface area contributed by atoms with E-state index in [0.717, 1.165) is 10.6 Å². The maximum atomic E-state index is 14.3. The summed E-state index contributed by atoms with van der Waals surface area (Å²) in [6.45, 7) is 4.94. The summed E-state index contributed by atoms with van der Waals surface area (Å²) >= 11 is 3.14. The minimum absolute atomic E-state index is 0.0419. The van der Waals surface area contributed by atoms with Crippen molar-refractivity contribution in [2.45, 2.75) is 32.5 Å². The molecule has 24 heavy (non-hydrogen) atoms. The second-order valence-corrected chi connectivity index (χ2v) is 6.97. The topological polar surface area (TPSA) is 31.2 Å². The van der Waals surface area contributed by atoms with Crippen LogP contribution >= 0.6 is 15.9 Å². The van der Waals surface area contributed by atoms with Crippen molar-refractivity contribution in [3.05, 3.63) is 46.3 Å². The largest absolute Gasteiger partial charge is 0.443 e. The lowest BCUT2D eigenvalue weighted by atomic mass is 10.1. The lowest BCUT2D eigenvalue weighted by Crippen LogP contribution is -2.27. The van der Waals surface area contributed by atoms with Crippen LogP contribution in [0.4, 0.5) is 22.4 Å². The first-order valence-corrected chi connectivity index (χ1v) is 7.67. The third kappa shape index (κ3) is 3.98. The normalized spacial score (nSPS) is 12.3. The molecular formula is C16H14BrF4NO2. The van der Waals surface area contributed by atoms with E-state index >= 15 is 0 Å². The second-order valence-electron chi connectivity index (χ2n) is 6.06. The summed E-state index contributed by atoms with van der Waals surface area (Å²) in [5.74, 6) is -1.44. The van der Waals surface area contributed by atoms with Crippen LogP contribution in [0.2, 0.25) is 0 Å². The van der Waals surface area contributed by atoms with Crippen molar-refractivity contribution in [1.29, 1.82) is 0 Å². The van der Waals surface area contributed by atoms with Gasteiger partial charge in [0.05, 0.1) is 11.3 Å². The maximum Gasteiger partial charge on any atom is 0.419 e. The van der Waals surface area contributed by atoms with Gasteiger partial charge in [-0.1, -0.05) is 6.07 Å². The van der Waals surface area contributed by atoms with Gasteiger partial charge in [-0.15, -0.1) is 0 Å². The van der Waals surface area contributed by atoms with E-state index in [1.165, 1.54) is 18.3 Å². The zero-order chi connectivity index (χ0) is 18.3. The highest BCUT2D eigenvalue weighted by Crippen LogP contribution is 2.36. The summed E-state index contributed by atoms with van der Waals surface area (Å²) in [6.07, 6.45) is -4.34. The predicted molar refractivity (Wildman–Crippen MR) is 84.2 cm³/mol. The van der Waals surface area contributed by atoms with Crippen molar-refractivity contribution in [2.75, 3.05) is 0 Å². The van der Waals surface area contributed by atoms with Crippen LogP contribution in [0.3, 0.4) is 0 Å². The molecule has 2 aromatic rings. The lowest BCUT2D eigenvalue weighted by Gasteiger charge is -2.20. The van der Waals surface area contributed by atoms with E-state index in [4.69, 9.17) is 4.74 Å². The van der Waals surface area contributed by atoms with Gasteiger partial charge in [0.1, 0.15) is 11.4 Å². The van der Waals surface area contributed by atoms with E-state index < -0.39 is 29.3 Å². The van der Waals surface area contributed by atoms with E-state index in [0.29, 0.717) is 10.5 Å². The molecule has 0 spiro atoms. The Kier molecular flexibility index (Phi) is 4.81. The number of hydrogen-bond donors (Lipinski definition) is 0. The zero-order valence-corrected chi connectivity index (χ0v) is 14.6. The fourth-order valence-corrected chi connectivity index (χ4v) is 2.47. The van der Waals surface area contributed by atoms with Gasteiger partial charge in [0.15, 0.2) is 0 Å². The first-order valence-electron chi connectivity index (χ1n) is 6.87. The van der Waals surface area contributed by atoms with Crippen molar-refractivity contribution < 1.29 is 27.1 Å². The van der Waals surface area contributed by atoms with Crippen LogP contribution < -0.4 is 0 Å². The monoisotopic (exact) mass is 407 g/mol. The quantitative estimate of drug-likeness (QED) is 0.554. The van der Waals surface area contributed by atoms with E-state index in [1.807, 2.05) is 0 Å². The SMILES string of the molecule is CC(C)(C)OC(=O)n1cc(Br)cc1-c1cccc(C(F)(F)F)c1F. The summed E-state index contributed by atoms with van der Waals surface area (Å²) in [5.41, 5.74) is -2.59. The average molecular weight is 408 g/mol. The van der Waals surface area contributed by atoms with Crippen molar-refractivity contribution >= 4 is 22.0 Å². The Morgan fingerprint density at radius 3 is 2.38 bits per heavy atom. The fraction of sp³-hybridized carbons (Fsp3) is 0.312. The molecule has 0 saturated carbocycles. The van der Waals surface area contributed by atoms with Crippen LogP contribution in [-0.4, -0.2) is 16.3 Å². The number of aromatic nitrogens is 1. The standard InChI is InChI=1S/C16H14BrF4NO2/c1-15(2,3)24-14(23)22-8-9(17)7-12(22)10-5-4-6-11(13(10)18)16(19,20)21/h4-8H,1-3H3. The molecular weight excluding hydrogens is 394 g/mol. The van der Waals surface area contributed by atoms with Gasteiger partial charge in [0.2, 0.25) is 0 Å². The number of rotatable bonds is 1. The number of halogens is 5. The molecule has 2 rings (SSSR count). The average Bonchev–Trinajstić information content (AvgIpc) is 2.77. The van der Waals surface area contributed by atoms with E-state index in [9.17, 15) is 22.4 Å². The summed E-state index contributed by atoms with van der Waals surface area (Å²) in [5, 5.41) is 0. The second kappa shape index (κ2) is 6.23. The van der Waals surface area contributed by atoms with Crippen LogP contribution in [0.1, 0.15) is 26.3 Å². The summed E-state index contributed by atoms with van der Waals surface area (Å²) in [7, 11) is 0. The Balaban J connectivity index is 2.57. The molecule has 0 amide bonds. The molecule has 0 N–H and O–H groups in total. The molecule has 0 aliphatic rings. The van der Waals surface area contributed by atoms with Crippen LogP contribution in [0.15, 0.2) is 34.9 Å². The van der Waals surface area contributed by atoms with Gasteiger partial charge in [0.25, 0.3) is 0 Å². The predicted octanol–water partition coefficient (Wildman–Crippen LogP) is 5.86. The molecule has 1 aromatic carbocycles. The highest BCUT2D eigenvalue weighted by atomic mass is 79.9. The highest BCUT2D eigenvalue weighted by molar-refractivity contribution is 9.10. The number of ether oxygens (including phenoxy) is 1. The van der Waals surface area contributed by atoms with Crippen LogP contribution in [0.25, 0.3) is 11.3 Å². The van der Waals surface area contributed by atoms with Crippen molar-refractivity contribution in [3.8, 4) is 11.3 Å². The van der Waals surface area contributed by atoms with Gasteiger partial charge in [-0.05, 0) is 54.9 Å². The summed E-state index contributed by atoms with van der Waals surface area (Å²) in [4.78, 5) is 12.2. The van der Waals surface area contributed by atoms with Crippen LogP contribution in [-0.2, 0) is 10.9 Å². The highest BCUT2D eigenvalue weighted by Gasteiger charge is 2.35. The first-order chi connectivity index (χ1) is 10.9. The molecule has 130 valence electrons. The lowest BCUT2D eigenvalue weighted by molar-refractivity contribution is -0.139. The molecule has 0 saturated heterocycles. The van der Waals surface area contributed by atoms with Gasteiger partial charge in [-0.25, -0.2) is 9.18 Å². The molecule has 0 aliphatic carbocycles. The van der Waals surface area contributed by atoms with Crippen LogP contribution in [0.5, 0.6) is 0 Å². The van der Waals surface area contributed by atoms with E-state index in [-0.39, 0.29) is 11.3 Å². The molecule has 0 unspecified atom stereocenters. The number of carbonyl (C=O) groups is 1. The third-order valence-corrected chi connectivity index (χ3v) is 3.39. The molecule has 0 bridgehead atoms. The molecule has 1 heterocycles. The fourth-order valence-electron chi connectivity index (χ4n) is 2.05. The Hall–Kier alpha value is -1.83. The smallest absolute Gasteiger partial charge is 0.419 e. The number of nitrogens with zero attached hydrogens (tertiary/aromatic N) is 1. The number of benzene rings is 1. The van der Waals surface area contributed by atoms with Gasteiger partial charge in [-0.2, -0.15) is 13.2 Å². The summed E-state index contributed by atoms with van der Waals surface area (Å²) < 4.78 is 59.6. The zero-order valence-electron chi connectivity index (χ0n) is 13.0. The number of alkyl halides is 3. The Labute approximate surface area is 144 Å². The summed E-state index contributed by atoms with van der Waals surface area (Å²) in [6, 6.07) is 4.26. The maximum absolute atomic E-state index is 14.3. The van der Waals surface area contributed by atoms with Crippen molar-refractivity contribution in [3.63, 3.8) is 0 Å². The minimum Gasteiger partial charge on any atom is -0.443 e. The first kappa shape index (κ1) is 18.5. The molecule has 0 fully saturated rings. The third-order valence-electron chi connectivity index (χ3n) is 2.96. The van der Waals surface area contributed by atoms with Crippen molar-refractivity contribution in [1.82, 2.24) is 4.57 Å².